The molecular weight excluding hydrogens is 438 g/mol. The number of likely N-dealkylation sites (tertiary alicyclic amines) is 1. The summed E-state index contributed by atoms with van der Waals surface area (Å²) in [7, 11) is 2.18. The van der Waals surface area contributed by atoms with Crippen molar-refractivity contribution in [2.45, 2.75) is 38.3 Å². The fraction of sp³-hybridized carbons (Fsp3) is 0.357. The van der Waals surface area contributed by atoms with Crippen LogP contribution >= 0.6 is 11.3 Å². The number of thiophene rings is 1. The topological polar surface area (TPSA) is 53.1 Å². The second-order valence-corrected chi connectivity index (χ2v) is 10.8. The summed E-state index contributed by atoms with van der Waals surface area (Å²) in [6.45, 7) is 6.24. The molecule has 1 saturated heterocycles. The van der Waals surface area contributed by atoms with Crippen LogP contribution in [0, 0.1) is 12.3 Å². The van der Waals surface area contributed by atoms with Crippen molar-refractivity contribution in [3.63, 3.8) is 0 Å². The molecule has 0 amide bonds. The number of aromatic nitrogens is 2. The van der Waals surface area contributed by atoms with Crippen LogP contribution in [-0.4, -0.2) is 47.6 Å². The largest absolute Gasteiger partial charge is 0.382 e. The lowest BCUT2D eigenvalue weighted by Gasteiger charge is -2.28. The number of nitrogens with one attached hydrogen (secondary N) is 2. The van der Waals surface area contributed by atoms with Crippen molar-refractivity contribution in [3.8, 4) is 23.6 Å². The molecule has 2 N–H and O–H groups in total. The van der Waals surface area contributed by atoms with E-state index in [1.165, 1.54) is 26.0 Å². The Morgan fingerprint density at radius 3 is 2.79 bits per heavy atom. The molecule has 0 radical (unpaired) electrons. The molecular formula is C28H29N5S. The number of rotatable bonds is 2. The van der Waals surface area contributed by atoms with Crippen LogP contribution in [0.4, 0.5) is 5.69 Å². The molecule has 1 aromatic carbocycles. The Bertz CT molecular complexity index is 1420. The normalized spacial score (nSPS) is 19.5. The third-order valence-electron chi connectivity index (χ3n) is 7.22. The average Bonchev–Trinajstić information content (AvgIpc) is 3.13. The van der Waals surface area contributed by atoms with E-state index in [0.717, 1.165) is 61.5 Å². The van der Waals surface area contributed by atoms with E-state index in [4.69, 9.17) is 16.4 Å². The molecule has 2 aliphatic heterocycles. The van der Waals surface area contributed by atoms with Crippen molar-refractivity contribution in [3.05, 3.63) is 52.7 Å². The lowest BCUT2D eigenvalue weighted by Crippen LogP contribution is -2.29. The molecule has 34 heavy (non-hydrogen) atoms. The van der Waals surface area contributed by atoms with Gasteiger partial charge in [0.1, 0.15) is 5.69 Å². The highest BCUT2D eigenvalue weighted by molar-refractivity contribution is 7.20. The number of nitrogens with zero attached hydrogens (tertiary/aromatic N) is 3. The van der Waals surface area contributed by atoms with Crippen LogP contribution in [0.3, 0.4) is 0 Å². The molecule has 5 nitrogen and oxygen atoms in total. The Morgan fingerprint density at radius 2 is 1.97 bits per heavy atom. The van der Waals surface area contributed by atoms with Gasteiger partial charge in [0.25, 0.3) is 0 Å². The van der Waals surface area contributed by atoms with Gasteiger partial charge in [0.05, 0.1) is 16.9 Å². The molecule has 2 aliphatic rings. The van der Waals surface area contributed by atoms with E-state index >= 15 is 0 Å². The van der Waals surface area contributed by atoms with Gasteiger partial charge in [-0.3, -0.25) is 0 Å². The molecule has 6 heteroatoms. The number of fused-ring (bicyclic) bond motifs is 5. The van der Waals surface area contributed by atoms with Crippen LogP contribution in [0.2, 0.25) is 0 Å². The first-order valence-electron chi connectivity index (χ1n) is 12.1. The summed E-state index contributed by atoms with van der Waals surface area (Å²) in [4.78, 5) is 13.6. The van der Waals surface area contributed by atoms with E-state index in [1.54, 1.807) is 0 Å². The Hall–Kier alpha value is -2.98. The third-order valence-corrected chi connectivity index (χ3v) is 8.37. The van der Waals surface area contributed by atoms with Crippen LogP contribution in [0.1, 0.15) is 41.9 Å². The number of hydrogen-bond acceptors (Lipinski definition) is 6. The molecule has 0 spiro atoms. The minimum atomic E-state index is 0.449. The quantitative estimate of drug-likeness (QED) is 0.397. The Kier molecular flexibility index (Phi) is 5.49. The molecule has 1 atom stereocenters. The summed E-state index contributed by atoms with van der Waals surface area (Å²) in [6, 6.07) is 13.4. The zero-order valence-electron chi connectivity index (χ0n) is 19.7. The highest BCUT2D eigenvalue weighted by Gasteiger charge is 2.22. The molecule has 1 fully saturated rings. The summed E-state index contributed by atoms with van der Waals surface area (Å²) in [5.74, 6) is 3.22. The van der Waals surface area contributed by atoms with Crippen molar-refractivity contribution in [1.29, 1.82) is 0 Å². The van der Waals surface area contributed by atoms with Crippen molar-refractivity contribution >= 4 is 38.0 Å². The predicted molar refractivity (Wildman–Crippen MR) is 143 cm³/mol. The van der Waals surface area contributed by atoms with Gasteiger partial charge in [0, 0.05) is 56.7 Å². The molecule has 172 valence electrons. The Morgan fingerprint density at radius 1 is 1.12 bits per heavy atom. The van der Waals surface area contributed by atoms with Gasteiger partial charge in [-0.2, -0.15) is 0 Å². The number of hydrogen-bond donors (Lipinski definition) is 2. The lowest BCUT2D eigenvalue weighted by atomic mass is 9.92. The van der Waals surface area contributed by atoms with Crippen LogP contribution in [-0.2, 0) is 6.54 Å². The van der Waals surface area contributed by atoms with Gasteiger partial charge in [-0.15, -0.1) is 17.8 Å². The first kappa shape index (κ1) is 21.5. The van der Waals surface area contributed by atoms with E-state index < -0.39 is 0 Å². The maximum absolute atomic E-state index is 5.79. The molecule has 6 rings (SSSR count). The molecule has 0 bridgehead atoms. The Labute approximate surface area is 204 Å². The van der Waals surface area contributed by atoms with Gasteiger partial charge in [0.15, 0.2) is 0 Å². The average molecular weight is 468 g/mol. The zero-order valence-corrected chi connectivity index (χ0v) is 20.5. The van der Waals surface area contributed by atoms with Crippen molar-refractivity contribution in [1.82, 2.24) is 20.2 Å². The van der Waals surface area contributed by atoms with E-state index in [-0.39, 0.29) is 0 Å². The van der Waals surface area contributed by atoms with E-state index in [9.17, 15) is 0 Å². The lowest BCUT2D eigenvalue weighted by molar-refractivity contribution is 0.253. The van der Waals surface area contributed by atoms with Crippen LogP contribution < -0.4 is 10.6 Å². The molecule has 4 aromatic rings. The standard InChI is InChI=1S/C28H29N5S/c1-4-20-13-19(14-24(31-20)18-9-11-33(3)12-10-18)22-6-5-21-23(32-22)7-8-25-27(21)28-26(34-25)16-29-17(2)15-30-28/h1,5-8,13-14,17-18,29-30H,9-12,15-16H2,2-3H3/t17-/m1/s1. The number of benzene rings is 1. The van der Waals surface area contributed by atoms with Crippen LogP contribution in [0.25, 0.3) is 32.2 Å². The highest BCUT2D eigenvalue weighted by atomic mass is 32.1. The predicted octanol–water partition coefficient (Wildman–Crippen LogP) is 5.21. The molecule has 5 heterocycles. The summed E-state index contributed by atoms with van der Waals surface area (Å²) in [5, 5.41) is 9.77. The van der Waals surface area contributed by atoms with Gasteiger partial charge in [0.2, 0.25) is 0 Å². The third kappa shape index (κ3) is 3.84. The smallest absolute Gasteiger partial charge is 0.113 e. The maximum Gasteiger partial charge on any atom is 0.113 e. The first-order chi connectivity index (χ1) is 16.6. The van der Waals surface area contributed by atoms with Crippen molar-refractivity contribution in [2.24, 2.45) is 0 Å². The molecule has 0 aliphatic carbocycles. The van der Waals surface area contributed by atoms with Gasteiger partial charge in [-0.1, -0.05) is 5.92 Å². The van der Waals surface area contributed by atoms with Gasteiger partial charge in [-0.25, -0.2) is 9.97 Å². The second kappa shape index (κ2) is 8.66. The molecule has 0 saturated carbocycles. The van der Waals surface area contributed by atoms with Crippen molar-refractivity contribution < 1.29 is 0 Å². The minimum absolute atomic E-state index is 0.449. The molecule has 0 unspecified atom stereocenters. The minimum Gasteiger partial charge on any atom is -0.382 e. The van der Waals surface area contributed by atoms with E-state index in [1.807, 2.05) is 17.4 Å². The highest BCUT2D eigenvalue weighted by Crippen LogP contribution is 2.41. The van der Waals surface area contributed by atoms with Gasteiger partial charge < -0.3 is 15.5 Å². The maximum atomic E-state index is 5.79. The Balaban J connectivity index is 1.43. The number of anilines is 1. The van der Waals surface area contributed by atoms with E-state index in [0.29, 0.717) is 17.7 Å². The van der Waals surface area contributed by atoms with Crippen molar-refractivity contribution in [2.75, 3.05) is 32.0 Å². The zero-order chi connectivity index (χ0) is 23.2. The number of piperidine rings is 1. The fourth-order valence-electron chi connectivity index (χ4n) is 5.20. The summed E-state index contributed by atoms with van der Waals surface area (Å²) in [5.41, 5.74) is 6.07. The monoisotopic (exact) mass is 467 g/mol. The summed E-state index contributed by atoms with van der Waals surface area (Å²) in [6.07, 6.45) is 8.02. The number of pyridine rings is 2. The summed E-state index contributed by atoms with van der Waals surface area (Å²) >= 11 is 1.87. The van der Waals surface area contributed by atoms with Crippen LogP contribution in [0.5, 0.6) is 0 Å². The fourth-order valence-corrected chi connectivity index (χ4v) is 6.35. The van der Waals surface area contributed by atoms with Gasteiger partial charge in [-0.05, 0) is 76.3 Å². The summed E-state index contributed by atoms with van der Waals surface area (Å²) < 4.78 is 1.30. The first-order valence-corrected chi connectivity index (χ1v) is 12.9. The van der Waals surface area contributed by atoms with Gasteiger partial charge >= 0.3 is 0 Å². The second-order valence-electron chi connectivity index (χ2n) is 9.65. The van der Waals surface area contributed by atoms with E-state index in [2.05, 4.69) is 65.8 Å². The SMILES string of the molecule is C#Cc1cc(-c2ccc3c(ccc4sc5c(c43)NC[C@@H](C)NC5)n2)cc(C2CCN(C)CC2)n1. The number of terminal acetylenes is 1. The molecule has 3 aromatic heterocycles. The van der Waals surface area contributed by atoms with Crippen LogP contribution in [0.15, 0.2) is 36.4 Å².